The number of non-ortho nitro benzene ring substituents is 1. The van der Waals surface area contributed by atoms with Gasteiger partial charge in [0.05, 0.1) is 4.92 Å². The summed E-state index contributed by atoms with van der Waals surface area (Å²) in [6.07, 6.45) is 5.34. The van der Waals surface area contributed by atoms with E-state index in [1.165, 1.54) is 6.07 Å². The topological polar surface area (TPSA) is 73.0 Å². The molecule has 0 bridgehead atoms. The summed E-state index contributed by atoms with van der Waals surface area (Å²) >= 11 is 0. The highest BCUT2D eigenvalue weighted by Crippen LogP contribution is 2.16. The molecule has 106 valence electrons. The van der Waals surface area contributed by atoms with E-state index in [9.17, 15) is 10.1 Å². The summed E-state index contributed by atoms with van der Waals surface area (Å²) in [5.74, 6) is 0.932. The zero-order valence-corrected chi connectivity index (χ0v) is 11.5. The normalized spacial score (nSPS) is 10.7. The van der Waals surface area contributed by atoms with E-state index < -0.39 is 0 Å². The smallest absolute Gasteiger partial charge is 0.269 e. The van der Waals surface area contributed by atoms with Crippen molar-refractivity contribution in [2.45, 2.75) is 19.4 Å². The largest absolute Gasteiger partial charge is 0.335 e. The maximum absolute atomic E-state index is 10.8. The molecule has 20 heavy (non-hydrogen) atoms. The van der Waals surface area contributed by atoms with Gasteiger partial charge in [-0.25, -0.2) is 4.98 Å². The molecule has 1 aromatic heterocycles. The summed E-state index contributed by atoms with van der Waals surface area (Å²) in [4.78, 5) is 14.7. The van der Waals surface area contributed by atoms with Crippen molar-refractivity contribution in [3.05, 3.63) is 58.2 Å². The Morgan fingerprint density at radius 3 is 3.05 bits per heavy atom. The third-order valence-corrected chi connectivity index (χ3v) is 3.11. The average molecular weight is 274 g/mol. The molecule has 0 fully saturated rings. The Morgan fingerprint density at radius 2 is 2.30 bits per heavy atom. The molecule has 0 atom stereocenters. The lowest BCUT2D eigenvalue weighted by Gasteiger charge is -2.07. The standard InChI is InChI=1S/C14H18N4O2/c1-15-6-3-8-17-9-7-16-14(17)11-12-4-2-5-13(10-12)18(19)20/h2,4-5,7,9-10,15H,3,6,8,11H2,1H3. The van der Waals surface area contributed by atoms with Gasteiger partial charge in [-0.2, -0.15) is 0 Å². The summed E-state index contributed by atoms with van der Waals surface area (Å²) in [6, 6.07) is 6.71. The molecule has 0 spiro atoms. The molecule has 0 aliphatic rings. The van der Waals surface area contributed by atoms with E-state index in [0.717, 1.165) is 30.9 Å². The van der Waals surface area contributed by atoms with Gasteiger partial charge in [-0.3, -0.25) is 10.1 Å². The van der Waals surface area contributed by atoms with E-state index in [1.807, 2.05) is 19.3 Å². The van der Waals surface area contributed by atoms with Crippen LogP contribution in [0.25, 0.3) is 0 Å². The zero-order chi connectivity index (χ0) is 14.4. The molecule has 1 N–H and O–H groups in total. The molecule has 2 aromatic rings. The van der Waals surface area contributed by atoms with Gasteiger partial charge in [0, 0.05) is 37.5 Å². The monoisotopic (exact) mass is 274 g/mol. The highest BCUT2D eigenvalue weighted by Gasteiger charge is 2.08. The first kappa shape index (κ1) is 14.2. The number of hydrogen-bond acceptors (Lipinski definition) is 4. The van der Waals surface area contributed by atoms with Crippen LogP contribution in [0.1, 0.15) is 17.8 Å². The minimum absolute atomic E-state index is 0.121. The molecular formula is C14H18N4O2. The number of aromatic nitrogens is 2. The van der Waals surface area contributed by atoms with E-state index in [1.54, 1.807) is 18.3 Å². The molecule has 0 unspecified atom stereocenters. The van der Waals surface area contributed by atoms with Crippen LogP contribution in [0.3, 0.4) is 0 Å². The number of aryl methyl sites for hydroxylation is 1. The number of nitro groups is 1. The fourth-order valence-electron chi connectivity index (χ4n) is 2.10. The van der Waals surface area contributed by atoms with Crippen molar-refractivity contribution in [1.82, 2.24) is 14.9 Å². The molecule has 6 nitrogen and oxygen atoms in total. The Balaban J connectivity index is 2.08. The van der Waals surface area contributed by atoms with Crippen LogP contribution >= 0.6 is 0 Å². The van der Waals surface area contributed by atoms with E-state index >= 15 is 0 Å². The minimum Gasteiger partial charge on any atom is -0.335 e. The highest BCUT2D eigenvalue weighted by atomic mass is 16.6. The molecule has 0 radical (unpaired) electrons. The first-order valence-corrected chi connectivity index (χ1v) is 6.58. The molecule has 0 saturated carbocycles. The number of nitro benzene ring substituents is 1. The van der Waals surface area contributed by atoms with Crippen LogP contribution in [0, 0.1) is 10.1 Å². The molecule has 2 rings (SSSR count). The van der Waals surface area contributed by atoms with Crippen LogP contribution in [0.2, 0.25) is 0 Å². The third-order valence-electron chi connectivity index (χ3n) is 3.11. The average Bonchev–Trinajstić information content (AvgIpc) is 2.87. The Labute approximate surface area is 117 Å². The minimum atomic E-state index is -0.372. The van der Waals surface area contributed by atoms with Gasteiger partial charge < -0.3 is 9.88 Å². The van der Waals surface area contributed by atoms with Gasteiger partial charge in [0.2, 0.25) is 0 Å². The zero-order valence-electron chi connectivity index (χ0n) is 11.5. The fraction of sp³-hybridized carbons (Fsp3) is 0.357. The van der Waals surface area contributed by atoms with Crippen LogP contribution in [0.5, 0.6) is 0 Å². The third kappa shape index (κ3) is 3.64. The van der Waals surface area contributed by atoms with Gasteiger partial charge in [-0.15, -0.1) is 0 Å². The van der Waals surface area contributed by atoms with Crippen LogP contribution in [0.4, 0.5) is 5.69 Å². The summed E-state index contributed by atoms with van der Waals surface area (Å²) < 4.78 is 2.09. The quantitative estimate of drug-likeness (QED) is 0.476. The predicted molar refractivity (Wildman–Crippen MR) is 76.7 cm³/mol. The second-order valence-electron chi connectivity index (χ2n) is 4.60. The Morgan fingerprint density at radius 1 is 1.45 bits per heavy atom. The van der Waals surface area contributed by atoms with E-state index in [0.29, 0.717) is 6.42 Å². The Hall–Kier alpha value is -2.21. The van der Waals surface area contributed by atoms with Crippen molar-refractivity contribution < 1.29 is 4.92 Å². The second-order valence-corrected chi connectivity index (χ2v) is 4.60. The maximum atomic E-state index is 10.8. The summed E-state index contributed by atoms with van der Waals surface area (Å²) in [6.45, 7) is 1.85. The number of benzene rings is 1. The van der Waals surface area contributed by atoms with Gasteiger partial charge >= 0.3 is 0 Å². The van der Waals surface area contributed by atoms with Crippen molar-refractivity contribution >= 4 is 5.69 Å². The van der Waals surface area contributed by atoms with Crippen molar-refractivity contribution in [3.63, 3.8) is 0 Å². The van der Waals surface area contributed by atoms with E-state index in [2.05, 4.69) is 14.9 Å². The molecule has 1 heterocycles. The lowest BCUT2D eigenvalue weighted by atomic mass is 10.1. The molecule has 0 amide bonds. The SMILES string of the molecule is CNCCCn1ccnc1Cc1cccc([N+](=O)[O-])c1. The second kappa shape index (κ2) is 6.81. The van der Waals surface area contributed by atoms with Crippen molar-refractivity contribution in [2.24, 2.45) is 0 Å². The summed E-state index contributed by atoms with van der Waals surface area (Å²) in [5, 5.41) is 13.9. The van der Waals surface area contributed by atoms with Gasteiger partial charge in [0.1, 0.15) is 5.82 Å². The molecule has 0 aliphatic heterocycles. The number of nitrogens with zero attached hydrogens (tertiary/aromatic N) is 3. The lowest BCUT2D eigenvalue weighted by Crippen LogP contribution is -2.12. The highest BCUT2D eigenvalue weighted by molar-refractivity contribution is 5.35. The van der Waals surface area contributed by atoms with Crippen LogP contribution in [-0.4, -0.2) is 28.1 Å². The van der Waals surface area contributed by atoms with Crippen LogP contribution in [-0.2, 0) is 13.0 Å². The van der Waals surface area contributed by atoms with E-state index in [4.69, 9.17) is 0 Å². The first-order valence-electron chi connectivity index (χ1n) is 6.58. The first-order chi connectivity index (χ1) is 9.70. The molecule has 6 heteroatoms. The molecular weight excluding hydrogens is 256 g/mol. The van der Waals surface area contributed by atoms with Crippen molar-refractivity contribution in [2.75, 3.05) is 13.6 Å². The predicted octanol–water partition coefficient (Wildman–Crippen LogP) is 1.99. The molecule has 1 aromatic carbocycles. The van der Waals surface area contributed by atoms with E-state index in [-0.39, 0.29) is 10.6 Å². The van der Waals surface area contributed by atoms with Crippen LogP contribution in [0.15, 0.2) is 36.7 Å². The van der Waals surface area contributed by atoms with Crippen LogP contribution < -0.4 is 5.32 Å². The molecule has 0 saturated heterocycles. The van der Waals surface area contributed by atoms with Gasteiger partial charge in [0.15, 0.2) is 0 Å². The van der Waals surface area contributed by atoms with Gasteiger partial charge in [-0.1, -0.05) is 12.1 Å². The number of rotatable bonds is 7. The fourth-order valence-corrected chi connectivity index (χ4v) is 2.10. The van der Waals surface area contributed by atoms with Crippen molar-refractivity contribution in [1.29, 1.82) is 0 Å². The van der Waals surface area contributed by atoms with Crippen molar-refractivity contribution in [3.8, 4) is 0 Å². The summed E-state index contributed by atoms with van der Waals surface area (Å²) in [7, 11) is 1.93. The summed E-state index contributed by atoms with van der Waals surface area (Å²) in [5.41, 5.74) is 1.02. The number of imidazole rings is 1. The number of nitrogens with one attached hydrogen (secondary N) is 1. The van der Waals surface area contributed by atoms with Gasteiger partial charge in [-0.05, 0) is 25.6 Å². The lowest BCUT2D eigenvalue weighted by molar-refractivity contribution is -0.384. The Bertz CT molecular complexity index is 580. The maximum Gasteiger partial charge on any atom is 0.269 e. The van der Waals surface area contributed by atoms with Gasteiger partial charge in [0.25, 0.3) is 5.69 Å². The number of hydrogen-bond donors (Lipinski definition) is 1. The molecule has 0 aliphatic carbocycles. The Kier molecular flexibility index (Phi) is 4.84.